The van der Waals surface area contributed by atoms with Gasteiger partial charge in [0.1, 0.15) is 5.82 Å². The summed E-state index contributed by atoms with van der Waals surface area (Å²) in [5.74, 6) is 6.60. The van der Waals surface area contributed by atoms with Crippen molar-refractivity contribution < 1.29 is 9.47 Å². The van der Waals surface area contributed by atoms with Gasteiger partial charge >= 0.3 is 0 Å². The fourth-order valence-electron chi connectivity index (χ4n) is 1.83. The molecule has 0 aromatic carbocycles. The fraction of sp³-hybridized carbons (Fsp3) is 0.750. The monoisotopic (exact) mass is 256 g/mol. The van der Waals surface area contributed by atoms with Gasteiger partial charge in [0.05, 0.1) is 6.04 Å². The standard InChI is InChI=1S/C12H24N4O2/c1-4-17-12(18-5-2)10(15-13)6-7-11-14-8-9-16(11)3/h8-10,12,15H,4-7,13H2,1-3H3. The van der Waals surface area contributed by atoms with Crippen LogP contribution >= 0.6 is 0 Å². The van der Waals surface area contributed by atoms with E-state index in [0.29, 0.717) is 13.2 Å². The highest BCUT2D eigenvalue weighted by molar-refractivity contribution is 4.92. The van der Waals surface area contributed by atoms with Crippen molar-refractivity contribution in [2.45, 2.75) is 39.0 Å². The number of aromatic nitrogens is 2. The van der Waals surface area contributed by atoms with Gasteiger partial charge in [0, 0.05) is 39.1 Å². The van der Waals surface area contributed by atoms with E-state index in [-0.39, 0.29) is 12.3 Å². The predicted molar refractivity (Wildman–Crippen MR) is 69.7 cm³/mol. The summed E-state index contributed by atoms with van der Waals surface area (Å²) in [6, 6.07) is -0.0402. The first-order chi connectivity index (χ1) is 8.72. The van der Waals surface area contributed by atoms with E-state index in [1.54, 1.807) is 6.20 Å². The summed E-state index contributed by atoms with van der Waals surface area (Å²) < 4.78 is 13.1. The van der Waals surface area contributed by atoms with Crippen LogP contribution in [0, 0.1) is 0 Å². The van der Waals surface area contributed by atoms with Gasteiger partial charge < -0.3 is 14.0 Å². The van der Waals surface area contributed by atoms with Gasteiger partial charge in [-0.25, -0.2) is 4.98 Å². The van der Waals surface area contributed by atoms with E-state index >= 15 is 0 Å². The molecule has 0 aliphatic rings. The molecule has 18 heavy (non-hydrogen) atoms. The van der Waals surface area contributed by atoms with Gasteiger partial charge in [-0.2, -0.15) is 0 Å². The molecule has 1 aromatic heterocycles. The van der Waals surface area contributed by atoms with Crippen LogP contribution in [0.4, 0.5) is 0 Å². The number of nitrogens with zero attached hydrogens (tertiary/aromatic N) is 2. The molecule has 3 N–H and O–H groups in total. The number of rotatable bonds is 9. The molecule has 0 bridgehead atoms. The molecule has 0 saturated carbocycles. The Morgan fingerprint density at radius 2 is 2.06 bits per heavy atom. The van der Waals surface area contributed by atoms with Gasteiger partial charge in [0.2, 0.25) is 0 Å². The van der Waals surface area contributed by atoms with Crippen LogP contribution in [0.25, 0.3) is 0 Å². The highest BCUT2D eigenvalue weighted by Gasteiger charge is 2.21. The molecule has 0 spiro atoms. The molecular weight excluding hydrogens is 232 g/mol. The lowest BCUT2D eigenvalue weighted by atomic mass is 10.1. The zero-order chi connectivity index (χ0) is 13.4. The second kappa shape index (κ2) is 8.20. The third kappa shape index (κ3) is 4.38. The first-order valence-corrected chi connectivity index (χ1v) is 6.38. The number of hydrazine groups is 1. The van der Waals surface area contributed by atoms with Crippen molar-refractivity contribution in [3.63, 3.8) is 0 Å². The number of imidazole rings is 1. The van der Waals surface area contributed by atoms with Crippen molar-refractivity contribution in [2.24, 2.45) is 12.9 Å². The topological polar surface area (TPSA) is 74.3 Å². The molecule has 0 aliphatic heterocycles. The number of hydrogen-bond donors (Lipinski definition) is 2. The molecule has 1 atom stereocenters. The van der Waals surface area contributed by atoms with Crippen LogP contribution in [0.3, 0.4) is 0 Å². The van der Waals surface area contributed by atoms with E-state index < -0.39 is 0 Å². The molecule has 1 heterocycles. The number of nitrogens with one attached hydrogen (secondary N) is 1. The summed E-state index contributed by atoms with van der Waals surface area (Å²) >= 11 is 0. The molecule has 0 saturated heterocycles. The SMILES string of the molecule is CCOC(OCC)C(CCc1nccn1C)NN. The summed E-state index contributed by atoms with van der Waals surface area (Å²) in [5.41, 5.74) is 2.77. The number of aryl methyl sites for hydroxylation is 2. The first-order valence-electron chi connectivity index (χ1n) is 6.38. The molecule has 0 aliphatic carbocycles. The summed E-state index contributed by atoms with van der Waals surface area (Å²) in [7, 11) is 1.98. The van der Waals surface area contributed by atoms with E-state index in [9.17, 15) is 0 Å². The molecule has 104 valence electrons. The maximum Gasteiger partial charge on any atom is 0.174 e. The van der Waals surface area contributed by atoms with Crippen molar-refractivity contribution >= 4 is 0 Å². The van der Waals surface area contributed by atoms with Crippen molar-refractivity contribution in [3.05, 3.63) is 18.2 Å². The second-order valence-electron chi connectivity index (χ2n) is 4.05. The van der Waals surface area contributed by atoms with Crippen LogP contribution in [0.5, 0.6) is 0 Å². The molecule has 1 unspecified atom stereocenters. The highest BCUT2D eigenvalue weighted by Crippen LogP contribution is 2.09. The molecule has 6 heteroatoms. The first kappa shape index (κ1) is 15.1. The lowest BCUT2D eigenvalue weighted by Crippen LogP contribution is -2.47. The van der Waals surface area contributed by atoms with E-state index in [1.807, 2.05) is 31.7 Å². The third-order valence-electron chi connectivity index (χ3n) is 2.80. The van der Waals surface area contributed by atoms with Gasteiger partial charge in [0.25, 0.3) is 0 Å². The normalized spacial score (nSPS) is 13.2. The zero-order valence-corrected chi connectivity index (χ0v) is 11.4. The van der Waals surface area contributed by atoms with Crippen LogP contribution in [0.15, 0.2) is 12.4 Å². The minimum atomic E-state index is -0.315. The minimum Gasteiger partial charge on any atom is -0.351 e. The van der Waals surface area contributed by atoms with Crippen LogP contribution < -0.4 is 11.3 Å². The lowest BCUT2D eigenvalue weighted by Gasteiger charge is -2.26. The van der Waals surface area contributed by atoms with Crippen LogP contribution in [0.2, 0.25) is 0 Å². The molecule has 1 rings (SSSR count). The lowest BCUT2D eigenvalue weighted by molar-refractivity contribution is -0.155. The van der Waals surface area contributed by atoms with Gasteiger partial charge in [-0.3, -0.25) is 11.3 Å². The van der Waals surface area contributed by atoms with Gasteiger partial charge in [0.15, 0.2) is 6.29 Å². The van der Waals surface area contributed by atoms with Crippen molar-refractivity contribution in [1.29, 1.82) is 0 Å². The summed E-state index contributed by atoms with van der Waals surface area (Å²) in [6.45, 7) is 5.09. The summed E-state index contributed by atoms with van der Waals surface area (Å²) in [4.78, 5) is 4.29. The molecule has 1 aromatic rings. The molecule has 0 radical (unpaired) electrons. The van der Waals surface area contributed by atoms with Gasteiger partial charge in [-0.1, -0.05) is 0 Å². The summed E-state index contributed by atoms with van der Waals surface area (Å²) in [5, 5.41) is 0. The second-order valence-corrected chi connectivity index (χ2v) is 4.05. The Kier molecular flexibility index (Phi) is 6.89. The van der Waals surface area contributed by atoms with E-state index in [2.05, 4.69) is 10.4 Å². The van der Waals surface area contributed by atoms with Gasteiger partial charge in [-0.15, -0.1) is 0 Å². The molecular formula is C12H24N4O2. The van der Waals surface area contributed by atoms with E-state index in [0.717, 1.165) is 18.7 Å². The molecule has 6 nitrogen and oxygen atoms in total. The van der Waals surface area contributed by atoms with Crippen molar-refractivity contribution in [1.82, 2.24) is 15.0 Å². The average molecular weight is 256 g/mol. The van der Waals surface area contributed by atoms with Crippen LogP contribution in [-0.2, 0) is 22.9 Å². The van der Waals surface area contributed by atoms with Crippen molar-refractivity contribution in [3.8, 4) is 0 Å². The minimum absolute atomic E-state index is 0.0402. The quantitative estimate of drug-likeness (QED) is 0.384. The smallest absolute Gasteiger partial charge is 0.174 e. The van der Waals surface area contributed by atoms with E-state index in [4.69, 9.17) is 15.3 Å². The summed E-state index contributed by atoms with van der Waals surface area (Å²) in [6.07, 6.45) is 5.05. The maximum atomic E-state index is 5.57. The Labute approximate surface area is 108 Å². The van der Waals surface area contributed by atoms with Crippen LogP contribution in [-0.4, -0.2) is 35.1 Å². The zero-order valence-electron chi connectivity index (χ0n) is 11.4. The fourth-order valence-corrected chi connectivity index (χ4v) is 1.83. The Bertz CT molecular complexity index is 324. The number of nitrogens with two attached hydrogens (primary N) is 1. The van der Waals surface area contributed by atoms with Gasteiger partial charge in [-0.05, 0) is 20.3 Å². The van der Waals surface area contributed by atoms with E-state index in [1.165, 1.54) is 0 Å². The number of ether oxygens (including phenoxy) is 2. The Hall–Kier alpha value is -0.950. The maximum absolute atomic E-state index is 5.57. The Morgan fingerprint density at radius 3 is 2.50 bits per heavy atom. The Balaban J connectivity index is 2.51. The Morgan fingerprint density at radius 1 is 1.39 bits per heavy atom. The number of hydrogen-bond acceptors (Lipinski definition) is 5. The predicted octanol–water partition coefficient (Wildman–Crippen LogP) is 0.584. The molecule has 0 fully saturated rings. The molecule has 0 amide bonds. The highest BCUT2D eigenvalue weighted by atomic mass is 16.7. The third-order valence-corrected chi connectivity index (χ3v) is 2.80. The largest absolute Gasteiger partial charge is 0.351 e. The average Bonchev–Trinajstić information content (AvgIpc) is 2.76. The van der Waals surface area contributed by atoms with Crippen molar-refractivity contribution in [2.75, 3.05) is 13.2 Å². The van der Waals surface area contributed by atoms with Crippen LogP contribution in [0.1, 0.15) is 26.1 Å².